The van der Waals surface area contributed by atoms with Crippen molar-refractivity contribution in [3.8, 4) is 5.69 Å². The molecule has 3 aromatic rings. The van der Waals surface area contributed by atoms with Gasteiger partial charge in [0.05, 0.1) is 34.0 Å². The number of pyridine rings is 1. The summed E-state index contributed by atoms with van der Waals surface area (Å²) in [5.74, 6) is -3.71. The van der Waals surface area contributed by atoms with Gasteiger partial charge in [0.25, 0.3) is 0 Å². The third-order valence-corrected chi connectivity index (χ3v) is 7.29. The lowest BCUT2D eigenvalue weighted by Crippen LogP contribution is -2.60. The Bertz CT molecular complexity index is 1700. The molecule has 2 aromatic carbocycles. The van der Waals surface area contributed by atoms with Crippen molar-refractivity contribution >= 4 is 40.3 Å². The van der Waals surface area contributed by atoms with Crippen molar-refractivity contribution in [2.75, 3.05) is 37.4 Å². The van der Waals surface area contributed by atoms with E-state index in [-0.39, 0.29) is 71.4 Å². The van der Waals surface area contributed by atoms with E-state index in [0.29, 0.717) is 5.56 Å². The van der Waals surface area contributed by atoms with Crippen molar-refractivity contribution in [2.45, 2.75) is 33.4 Å². The van der Waals surface area contributed by atoms with Gasteiger partial charge in [-0.25, -0.2) is 18.4 Å². The molecule has 0 bridgehead atoms. The molecule has 0 saturated carbocycles. The number of aromatic carboxylic acids is 1. The number of carboxylic acid groups (broad SMARTS) is 1. The number of carbonyl (C=O) groups is 3. The second-order valence-electron chi connectivity index (χ2n) is 10.0. The number of ether oxygens (including phenoxy) is 2. The molecule has 1 fully saturated rings. The lowest BCUT2D eigenvalue weighted by atomic mass is 9.96. The van der Waals surface area contributed by atoms with Crippen LogP contribution in [0, 0.1) is 25.5 Å². The maximum absolute atomic E-state index is 16.0. The quantitative estimate of drug-likeness (QED) is 0.230. The number of fused-ring (bicyclic) bond motifs is 1. The van der Waals surface area contributed by atoms with Crippen LogP contribution in [0.25, 0.3) is 16.6 Å². The number of rotatable bonds is 8. The molecule has 0 spiro atoms. The fraction of sp³-hybridized carbons (Fsp3) is 0.310. The molecule has 1 aliphatic rings. The SMILES string of the molecule is C=CCOC(=O)N(C)C1CN(c2c(F)c(C)c3c(=O)c(C(=O)O)cn(-c4cc(N)c(F)cc4COC(C)=O)c3c2C)C1. The highest BCUT2D eigenvalue weighted by atomic mass is 19.1. The number of hydrogen-bond acceptors (Lipinski definition) is 8. The predicted octanol–water partition coefficient (Wildman–Crippen LogP) is 3.67. The summed E-state index contributed by atoms with van der Waals surface area (Å²) in [4.78, 5) is 52.3. The number of esters is 1. The number of nitrogens with zero attached hydrogens (tertiary/aromatic N) is 3. The third-order valence-electron chi connectivity index (χ3n) is 7.29. The van der Waals surface area contributed by atoms with Crippen LogP contribution >= 0.6 is 0 Å². The number of anilines is 2. The highest BCUT2D eigenvalue weighted by Gasteiger charge is 2.37. The zero-order valence-electron chi connectivity index (χ0n) is 23.5. The van der Waals surface area contributed by atoms with Crippen LogP contribution in [0.1, 0.15) is 34.0 Å². The van der Waals surface area contributed by atoms with Gasteiger partial charge in [-0.15, -0.1) is 0 Å². The Morgan fingerprint density at radius 2 is 1.86 bits per heavy atom. The standard InChI is InChI=1S/C29H30F2N4O7/c1-6-7-41-29(40)33(5)18-10-34(11-18)26-15(3)25-23(14(2)24(26)31)27(37)19(28(38)39)12-35(25)22-9-21(32)20(30)8-17(22)13-42-16(4)36/h6,8-9,12,18H,1,7,10-11,13,32H2,2-5H3,(H,38,39). The van der Waals surface area contributed by atoms with Gasteiger partial charge >= 0.3 is 18.0 Å². The van der Waals surface area contributed by atoms with Crippen LogP contribution in [-0.4, -0.2) is 65.4 Å². The van der Waals surface area contributed by atoms with Gasteiger partial charge in [0.1, 0.15) is 24.6 Å². The Hall–Kier alpha value is -4.94. The molecule has 1 amide bonds. The fourth-order valence-electron chi connectivity index (χ4n) is 5.02. The number of amides is 1. The summed E-state index contributed by atoms with van der Waals surface area (Å²) >= 11 is 0. The first-order valence-corrected chi connectivity index (χ1v) is 12.9. The van der Waals surface area contributed by atoms with Crippen LogP contribution in [-0.2, 0) is 20.9 Å². The molecule has 1 saturated heterocycles. The van der Waals surface area contributed by atoms with E-state index in [1.165, 1.54) is 35.5 Å². The van der Waals surface area contributed by atoms with Crippen LogP contribution in [0.5, 0.6) is 0 Å². The van der Waals surface area contributed by atoms with Crippen LogP contribution in [0.2, 0.25) is 0 Å². The van der Waals surface area contributed by atoms with Gasteiger partial charge in [0.15, 0.2) is 5.82 Å². The lowest BCUT2D eigenvalue weighted by Gasteiger charge is -2.45. The zero-order valence-corrected chi connectivity index (χ0v) is 23.5. The largest absolute Gasteiger partial charge is 0.477 e. The summed E-state index contributed by atoms with van der Waals surface area (Å²) in [6.45, 7) is 7.78. The molecule has 1 aliphatic heterocycles. The van der Waals surface area contributed by atoms with Gasteiger partial charge in [-0.1, -0.05) is 12.7 Å². The molecular weight excluding hydrogens is 554 g/mol. The van der Waals surface area contributed by atoms with E-state index in [0.717, 1.165) is 12.3 Å². The number of nitrogen functional groups attached to an aromatic ring is 1. The molecule has 42 heavy (non-hydrogen) atoms. The molecule has 3 N–H and O–H groups in total. The summed E-state index contributed by atoms with van der Waals surface area (Å²) in [5.41, 5.74) is 4.80. The number of carbonyl (C=O) groups excluding carboxylic acids is 2. The Morgan fingerprint density at radius 3 is 2.45 bits per heavy atom. The van der Waals surface area contributed by atoms with Crippen LogP contribution in [0.15, 0.2) is 35.8 Å². The topological polar surface area (TPSA) is 144 Å². The van der Waals surface area contributed by atoms with Gasteiger partial charge in [-0.2, -0.15) is 0 Å². The summed E-state index contributed by atoms with van der Waals surface area (Å²) < 4.78 is 42.0. The van der Waals surface area contributed by atoms with Gasteiger partial charge < -0.3 is 34.7 Å². The summed E-state index contributed by atoms with van der Waals surface area (Å²) in [6.07, 6.45) is 1.94. The highest BCUT2D eigenvalue weighted by Crippen LogP contribution is 2.38. The Labute approximate surface area is 239 Å². The van der Waals surface area contributed by atoms with Gasteiger partial charge in [-0.3, -0.25) is 9.59 Å². The average Bonchev–Trinajstić information content (AvgIpc) is 2.91. The van der Waals surface area contributed by atoms with Crippen molar-refractivity contribution < 1.29 is 37.7 Å². The maximum Gasteiger partial charge on any atom is 0.410 e. The molecule has 0 radical (unpaired) electrons. The highest BCUT2D eigenvalue weighted by molar-refractivity contribution is 5.98. The summed E-state index contributed by atoms with van der Waals surface area (Å²) in [5, 5.41) is 9.64. The Kier molecular flexibility index (Phi) is 8.23. The van der Waals surface area contributed by atoms with E-state index >= 15 is 4.39 Å². The Morgan fingerprint density at radius 1 is 1.19 bits per heavy atom. The van der Waals surface area contributed by atoms with Gasteiger partial charge in [0, 0.05) is 49.9 Å². The number of benzene rings is 2. The molecule has 11 nitrogen and oxygen atoms in total. The molecule has 222 valence electrons. The van der Waals surface area contributed by atoms with Crippen LogP contribution in [0.4, 0.5) is 25.0 Å². The lowest BCUT2D eigenvalue weighted by molar-refractivity contribution is -0.142. The summed E-state index contributed by atoms with van der Waals surface area (Å²) in [7, 11) is 1.57. The molecule has 4 rings (SSSR count). The summed E-state index contributed by atoms with van der Waals surface area (Å²) in [6, 6.07) is 1.98. The van der Waals surface area contributed by atoms with E-state index in [4.69, 9.17) is 15.2 Å². The minimum absolute atomic E-state index is 0.0421. The number of halogens is 2. The number of carboxylic acids is 1. The minimum Gasteiger partial charge on any atom is -0.477 e. The molecule has 0 aliphatic carbocycles. The molecule has 0 unspecified atom stereocenters. The normalized spacial score (nSPS) is 13.0. The number of aryl methyl sites for hydroxylation is 2. The second kappa shape index (κ2) is 11.5. The van der Waals surface area contributed by atoms with Crippen molar-refractivity contribution in [3.63, 3.8) is 0 Å². The van der Waals surface area contributed by atoms with Gasteiger partial charge in [0.2, 0.25) is 5.43 Å². The van der Waals surface area contributed by atoms with Gasteiger partial charge in [-0.05, 0) is 26.0 Å². The number of hydrogen-bond donors (Lipinski definition) is 2. The molecular formula is C29H30F2N4O7. The molecule has 13 heteroatoms. The molecule has 0 atom stereocenters. The van der Waals surface area contributed by atoms with E-state index < -0.39 is 40.7 Å². The zero-order chi connectivity index (χ0) is 31.0. The first kappa shape index (κ1) is 30.0. The van der Waals surface area contributed by atoms with Crippen molar-refractivity contribution in [2.24, 2.45) is 0 Å². The van der Waals surface area contributed by atoms with Crippen LogP contribution < -0.4 is 16.1 Å². The smallest absolute Gasteiger partial charge is 0.410 e. The maximum atomic E-state index is 16.0. The second-order valence-corrected chi connectivity index (χ2v) is 10.0. The Balaban J connectivity index is 1.94. The van der Waals surface area contributed by atoms with E-state index in [1.54, 1.807) is 18.9 Å². The monoisotopic (exact) mass is 584 g/mol. The number of aromatic nitrogens is 1. The first-order chi connectivity index (χ1) is 19.8. The van der Waals surface area contributed by atoms with Crippen LogP contribution in [0.3, 0.4) is 0 Å². The molecule has 2 heterocycles. The predicted molar refractivity (Wildman–Crippen MR) is 151 cm³/mol. The minimum atomic E-state index is -1.55. The fourth-order valence-corrected chi connectivity index (χ4v) is 5.02. The van der Waals surface area contributed by atoms with Crippen molar-refractivity contribution in [3.05, 3.63) is 75.1 Å². The van der Waals surface area contributed by atoms with E-state index in [1.807, 2.05) is 0 Å². The number of nitrogens with two attached hydrogens (primary N) is 1. The van der Waals surface area contributed by atoms with E-state index in [2.05, 4.69) is 6.58 Å². The van der Waals surface area contributed by atoms with Crippen molar-refractivity contribution in [1.82, 2.24) is 9.47 Å². The third kappa shape index (κ3) is 5.24. The van der Waals surface area contributed by atoms with E-state index in [9.17, 15) is 28.7 Å². The first-order valence-electron chi connectivity index (χ1n) is 12.9. The average molecular weight is 585 g/mol. The molecule has 1 aromatic heterocycles. The number of likely N-dealkylation sites (N-methyl/N-ethyl adjacent to an activating group) is 1. The van der Waals surface area contributed by atoms with Crippen molar-refractivity contribution in [1.29, 1.82) is 0 Å².